The highest BCUT2D eigenvalue weighted by Crippen LogP contribution is 2.29. The molecule has 3 aromatic rings. The third kappa shape index (κ3) is 7.41. The number of rotatable bonds is 11. The fraction of sp³-hybridized carbons (Fsp3) is 0.448. The first kappa shape index (κ1) is 27.3. The number of benzene rings is 1. The second kappa shape index (κ2) is 13.2. The number of carbonyl (C=O) groups is 1. The molecule has 1 N–H and O–H groups in total. The Morgan fingerprint density at radius 3 is 2.45 bits per heavy atom. The van der Waals surface area contributed by atoms with Crippen LogP contribution >= 0.6 is 0 Å². The van der Waals surface area contributed by atoms with Crippen molar-refractivity contribution >= 4 is 11.7 Å². The Bertz CT molecular complexity index is 1190. The topological polar surface area (TPSA) is 92.7 Å². The van der Waals surface area contributed by atoms with Crippen molar-refractivity contribution in [1.29, 1.82) is 0 Å². The zero-order chi connectivity index (χ0) is 26.9. The highest BCUT2D eigenvalue weighted by atomic mass is 16.5. The number of anilines is 1. The van der Waals surface area contributed by atoms with Crippen molar-refractivity contribution in [2.75, 3.05) is 44.2 Å². The summed E-state index contributed by atoms with van der Waals surface area (Å²) in [7, 11) is 0. The molecule has 1 aromatic carbocycles. The van der Waals surface area contributed by atoms with Crippen LogP contribution in [0.25, 0.3) is 11.1 Å². The van der Waals surface area contributed by atoms with Gasteiger partial charge in [0.25, 0.3) is 5.91 Å². The lowest BCUT2D eigenvalue weighted by Gasteiger charge is -2.35. The second-order valence-corrected chi connectivity index (χ2v) is 9.67. The van der Waals surface area contributed by atoms with Gasteiger partial charge in [-0.3, -0.25) is 14.7 Å². The Balaban J connectivity index is 1.42. The minimum Gasteiger partial charge on any atom is -0.492 e. The second-order valence-electron chi connectivity index (χ2n) is 9.67. The summed E-state index contributed by atoms with van der Waals surface area (Å²) < 4.78 is 11.7. The minimum atomic E-state index is -0.181. The predicted octanol–water partition coefficient (Wildman–Crippen LogP) is 4.19. The number of carbonyl (C=O) groups excluding carboxylic acids is 1. The first-order chi connectivity index (χ1) is 18.4. The van der Waals surface area contributed by atoms with E-state index in [0.29, 0.717) is 18.8 Å². The van der Waals surface area contributed by atoms with Gasteiger partial charge in [-0.25, -0.2) is 0 Å². The lowest BCUT2D eigenvalue weighted by molar-refractivity contribution is 0.0947. The monoisotopic (exact) mass is 518 g/mol. The van der Waals surface area contributed by atoms with Crippen molar-refractivity contribution < 1.29 is 14.3 Å². The molecule has 0 unspecified atom stereocenters. The summed E-state index contributed by atoms with van der Waals surface area (Å²) in [5.74, 6) is 2.23. The van der Waals surface area contributed by atoms with Crippen LogP contribution in [-0.4, -0.2) is 71.4 Å². The van der Waals surface area contributed by atoms with Gasteiger partial charge in [-0.05, 0) is 74.7 Å². The molecule has 1 aliphatic heterocycles. The van der Waals surface area contributed by atoms with Crippen molar-refractivity contribution in [3.05, 3.63) is 60.0 Å². The lowest BCUT2D eigenvalue weighted by atomic mass is 10.0. The van der Waals surface area contributed by atoms with Crippen molar-refractivity contribution in [3.8, 4) is 22.6 Å². The van der Waals surface area contributed by atoms with Crippen LogP contribution in [0.4, 0.5) is 5.82 Å². The van der Waals surface area contributed by atoms with Gasteiger partial charge in [-0.15, -0.1) is 10.2 Å². The van der Waals surface area contributed by atoms with E-state index in [9.17, 15) is 4.79 Å². The molecule has 4 rings (SSSR count). The van der Waals surface area contributed by atoms with Crippen LogP contribution in [0, 0.1) is 0 Å². The molecule has 0 aliphatic carbocycles. The smallest absolute Gasteiger partial charge is 0.271 e. The molecule has 1 amide bonds. The van der Waals surface area contributed by atoms with E-state index in [1.807, 2.05) is 46.0 Å². The Hall–Kier alpha value is -3.72. The van der Waals surface area contributed by atoms with E-state index in [2.05, 4.69) is 48.5 Å². The van der Waals surface area contributed by atoms with Gasteiger partial charge in [0.15, 0.2) is 11.5 Å². The molecule has 3 heterocycles. The number of nitrogens with zero attached hydrogens (tertiary/aromatic N) is 5. The van der Waals surface area contributed by atoms with E-state index in [-0.39, 0.29) is 12.0 Å². The first-order valence-corrected chi connectivity index (χ1v) is 13.4. The fourth-order valence-corrected chi connectivity index (χ4v) is 4.42. The van der Waals surface area contributed by atoms with Crippen LogP contribution in [0.5, 0.6) is 11.5 Å². The summed E-state index contributed by atoms with van der Waals surface area (Å²) in [6.45, 7) is 13.6. The molecule has 38 heavy (non-hydrogen) atoms. The van der Waals surface area contributed by atoms with E-state index < -0.39 is 0 Å². The summed E-state index contributed by atoms with van der Waals surface area (Å²) in [4.78, 5) is 21.1. The molecule has 0 atom stereocenters. The molecular weight excluding hydrogens is 480 g/mol. The van der Waals surface area contributed by atoms with Crippen molar-refractivity contribution in [1.82, 2.24) is 25.4 Å². The summed E-state index contributed by atoms with van der Waals surface area (Å²) in [5, 5.41) is 11.3. The molecule has 202 valence electrons. The number of hydrogen-bond acceptors (Lipinski definition) is 8. The quantitative estimate of drug-likeness (QED) is 0.404. The molecule has 9 nitrogen and oxygen atoms in total. The molecule has 9 heteroatoms. The molecule has 1 fully saturated rings. The zero-order valence-electron chi connectivity index (χ0n) is 22.8. The maximum atomic E-state index is 12.1. The van der Waals surface area contributed by atoms with E-state index >= 15 is 0 Å². The largest absolute Gasteiger partial charge is 0.492 e. The van der Waals surface area contributed by atoms with E-state index in [4.69, 9.17) is 9.47 Å². The molecule has 1 saturated heterocycles. The highest BCUT2D eigenvalue weighted by molar-refractivity contribution is 5.92. The number of piperazine rings is 1. The Kier molecular flexibility index (Phi) is 9.48. The van der Waals surface area contributed by atoms with E-state index in [1.165, 1.54) is 5.56 Å². The summed E-state index contributed by atoms with van der Waals surface area (Å²) in [6.07, 6.45) is 4.57. The van der Waals surface area contributed by atoms with Crippen LogP contribution in [-0.2, 0) is 6.54 Å². The predicted molar refractivity (Wildman–Crippen MR) is 149 cm³/mol. The minimum absolute atomic E-state index is 0.0831. The summed E-state index contributed by atoms with van der Waals surface area (Å²) in [6, 6.07) is 12.1. The highest BCUT2D eigenvalue weighted by Gasteiger charge is 2.20. The Morgan fingerprint density at radius 1 is 0.974 bits per heavy atom. The maximum absolute atomic E-state index is 12.1. The normalized spacial score (nSPS) is 14.0. The van der Waals surface area contributed by atoms with Crippen LogP contribution in [0.3, 0.4) is 0 Å². The number of ether oxygens (including phenoxy) is 2. The summed E-state index contributed by atoms with van der Waals surface area (Å²) in [5.41, 5.74) is 3.60. The average Bonchev–Trinajstić information content (AvgIpc) is 2.92. The number of pyridine rings is 1. The summed E-state index contributed by atoms with van der Waals surface area (Å²) >= 11 is 0. The molecule has 0 spiro atoms. The first-order valence-electron chi connectivity index (χ1n) is 13.4. The lowest BCUT2D eigenvalue weighted by Crippen LogP contribution is -2.46. The third-order valence-electron chi connectivity index (χ3n) is 6.22. The maximum Gasteiger partial charge on any atom is 0.271 e. The number of aromatic nitrogens is 3. The number of amides is 1. The van der Waals surface area contributed by atoms with Gasteiger partial charge in [-0.2, -0.15) is 0 Å². The Labute approximate surface area is 225 Å². The Morgan fingerprint density at radius 2 is 1.76 bits per heavy atom. The average molecular weight is 519 g/mol. The third-order valence-corrected chi connectivity index (χ3v) is 6.22. The molecule has 0 radical (unpaired) electrons. The van der Waals surface area contributed by atoms with Crippen LogP contribution in [0.1, 0.15) is 50.2 Å². The molecule has 1 aliphatic rings. The molecule has 0 bridgehead atoms. The molecular formula is C29H38N6O3. The van der Waals surface area contributed by atoms with Gasteiger partial charge in [0.05, 0.1) is 18.9 Å². The molecule has 2 aromatic heterocycles. The van der Waals surface area contributed by atoms with Gasteiger partial charge < -0.3 is 19.7 Å². The van der Waals surface area contributed by atoms with Crippen LogP contribution in [0.15, 0.2) is 48.8 Å². The molecule has 0 saturated carbocycles. The van der Waals surface area contributed by atoms with Crippen molar-refractivity contribution in [2.45, 2.75) is 46.8 Å². The van der Waals surface area contributed by atoms with Gasteiger partial charge in [0, 0.05) is 51.0 Å². The van der Waals surface area contributed by atoms with Gasteiger partial charge in [0.1, 0.15) is 11.5 Å². The fourth-order valence-electron chi connectivity index (χ4n) is 4.42. The SMILES string of the molecule is CCCNC(=O)c1ccc(N2CCN(Cc3cc(OC(C)C)cc(-c4cncc(OCC)c4)c3)CC2)nn1. The van der Waals surface area contributed by atoms with Crippen molar-refractivity contribution in [3.63, 3.8) is 0 Å². The van der Waals surface area contributed by atoms with Crippen molar-refractivity contribution in [2.24, 2.45) is 0 Å². The number of nitrogens with one attached hydrogen (secondary N) is 1. The zero-order valence-corrected chi connectivity index (χ0v) is 22.8. The standard InChI is InChI=1S/C29H38N6O3/c1-5-9-31-29(36)27-7-8-28(33-32-27)35-12-10-34(11-13-35)20-22-14-23(16-25(15-22)38-21(3)4)24-17-26(37-6-2)19-30-18-24/h7-8,14-19,21H,5-6,9-13,20H2,1-4H3,(H,31,36). The number of hydrogen-bond donors (Lipinski definition) is 1. The van der Waals surface area contributed by atoms with Gasteiger partial charge in [0.2, 0.25) is 0 Å². The van der Waals surface area contributed by atoms with E-state index in [0.717, 1.165) is 67.6 Å². The van der Waals surface area contributed by atoms with Gasteiger partial charge >= 0.3 is 0 Å². The van der Waals surface area contributed by atoms with Crippen LogP contribution in [0.2, 0.25) is 0 Å². The van der Waals surface area contributed by atoms with Gasteiger partial charge in [-0.1, -0.05) is 6.92 Å². The van der Waals surface area contributed by atoms with E-state index in [1.54, 1.807) is 12.3 Å². The van der Waals surface area contributed by atoms with Crippen LogP contribution < -0.4 is 19.7 Å².